The lowest BCUT2D eigenvalue weighted by Gasteiger charge is -2.08. The molecule has 0 saturated carbocycles. The molecular formula is C9H12N2O. The highest BCUT2D eigenvalue weighted by Gasteiger charge is 2.07. The topological polar surface area (TPSA) is 69.1 Å². The van der Waals surface area contributed by atoms with Gasteiger partial charge in [-0.25, -0.2) is 0 Å². The number of carbonyl (C=O) groups is 1. The van der Waals surface area contributed by atoms with Crippen LogP contribution in [0, 0.1) is 0 Å². The minimum absolute atomic E-state index is 0.198. The zero-order valence-corrected chi connectivity index (χ0v) is 6.73. The van der Waals surface area contributed by atoms with Crippen LogP contribution in [-0.2, 0) is 4.79 Å². The Kier molecular flexibility index (Phi) is 2.82. The van der Waals surface area contributed by atoms with Crippen molar-refractivity contribution in [2.75, 3.05) is 0 Å². The molecule has 64 valence electrons. The van der Waals surface area contributed by atoms with Gasteiger partial charge in [-0.15, -0.1) is 0 Å². The smallest absolute Gasteiger partial charge is 0.219 e. The van der Waals surface area contributed by atoms with E-state index in [1.807, 2.05) is 30.3 Å². The standard InChI is InChI=1S/C9H12N2O/c10-8(6-9(11)12)7-4-2-1-3-5-7/h1-5,8H,6,10H2,(H2,11,12)/t8-/m1/s1. The highest BCUT2D eigenvalue weighted by Crippen LogP contribution is 2.11. The molecule has 0 radical (unpaired) electrons. The van der Waals surface area contributed by atoms with Gasteiger partial charge in [-0.3, -0.25) is 4.79 Å². The van der Waals surface area contributed by atoms with Crippen LogP contribution in [0.2, 0.25) is 0 Å². The van der Waals surface area contributed by atoms with Gasteiger partial charge in [0.1, 0.15) is 0 Å². The van der Waals surface area contributed by atoms with Crippen molar-refractivity contribution in [2.24, 2.45) is 11.5 Å². The van der Waals surface area contributed by atoms with Crippen LogP contribution in [0.1, 0.15) is 18.0 Å². The van der Waals surface area contributed by atoms with Gasteiger partial charge < -0.3 is 11.5 Å². The fourth-order valence-electron chi connectivity index (χ4n) is 1.03. The quantitative estimate of drug-likeness (QED) is 0.685. The number of amides is 1. The van der Waals surface area contributed by atoms with Crippen molar-refractivity contribution in [1.82, 2.24) is 0 Å². The maximum atomic E-state index is 10.5. The molecule has 0 unspecified atom stereocenters. The van der Waals surface area contributed by atoms with Crippen molar-refractivity contribution in [1.29, 1.82) is 0 Å². The van der Waals surface area contributed by atoms with Crippen LogP contribution in [0.25, 0.3) is 0 Å². The summed E-state index contributed by atoms with van der Waals surface area (Å²) in [5.41, 5.74) is 11.6. The molecule has 3 nitrogen and oxygen atoms in total. The molecule has 0 bridgehead atoms. The van der Waals surface area contributed by atoms with Crippen molar-refractivity contribution >= 4 is 5.91 Å². The monoisotopic (exact) mass is 164 g/mol. The normalized spacial score (nSPS) is 12.4. The minimum atomic E-state index is -0.369. The first kappa shape index (κ1) is 8.74. The molecule has 4 N–H and O–H groups in total. The maximum absolute atomic E-state index is 10.5. The summed E-state index contributed by atoms with van der Waals surface area (Å²) in [7, 11) is 0. The Labute approximate surface area is 71.4 Å². The first-order chi connectivity index (χ1) is 5.70. The van der Waals surface area contributed by atoms with Gasteiger partial charge in [-0.2, -0.15) is 0 Å². The Morgan fingerprint density at radius 3 is 2.42 bits per heavy atom. The number of hydrogen-bond acceptors (Lipinski definition) is 2. The van der Waals surface area contributed by atoms with Gasteiger partial charge in [0.05, 0.1) is 0 Å². The number of benzene rings is 1. The Hall–Kier alpha value is -1.35. The lowest BCUT2D eigenvalue weighted by atomic mass is 10.1. The third kappa shape index (κ3) is 2.36. The van der Waals surface area contributed by atoms with E-state index in [9.17, 15) is 4.79 Å². The molecule has 0 aromatic heterocycles. The second-order valence-electron chi connectivity index (χ2n) is 2.69. The van der Waals surface area contributed by atoms with Gasteiger partial charge >= 0.3 is 0 Å². The van der Waals surface area contributed by atoms with Crippen molar-refractivity contribution < 1.29 is 4.79 Å². The van der Waals surface area contributed by atoms with Crippen molar-refractivity contribution in [3.63, 3.8) is 0 Å². The molecule has 3 heteroatoms. The summed E-state index contributed by atoms with van der Waals surface area (Å²) in [6, 6.07) is 9.16. The molecule has 0 aliphatic carbocycles. The summed E-state index contributed by atoms with van der Waals surface area (Å²) >= 11 is 0. The fraction of sp³-hybridized carbons (Fsp3) is 0.222. The summed E-state index contributed by atoms with van der Waals surface area (Å²) in [5.74, 6) is -0.369. The Morgan fingerprint density at radius 1 is 1.33 bits per heavy atom. The van der Waals surface area contributed by atoms with Gasteiger partial charge in [0.2, 0.25) is 5.91 Å². The molecule has 12 heavy (non-hydrogen) atoms. The number of hydrogen-bond donors (Lipinski definition) is 2. The SMILES string of the molecule is NC(=O)C[C@@H](N)c1ccccc1. The maximum Gasteiger partial charge on any atom is 0.219 e. The van der Waals surface area contributed by atoms with Gasteiger partial charge in [0, 0.05) is 12.5 Å². The van der Waals surface area contributed by atoms with E-state index < -0.39 is 0 Å². The van der Waals surface area contributed by atoms with E-state index >= 15 is 0 Å². The van der Waals surface area contributed by atoms with Crippen LogP contribution in [-0.4, -0.2) is 5.91 Å². The second kappa shape index (κ2) is 3.88. The molecule has 1 rings (SSSR count). The van der Waals surface area contributed by atoms with Crippen LogP contribution in [0.5, 0.6) is 0 Å². The van der Waals surface area contributed by atoms with E-state index in [1.54, 1.807) is 0 Å². The molecule has 0 heterocycles. The number of rotatable bonds is 3. The summed E-state index contributed by atoms with van der Waals surface area (Å²) < 4.78 is 0. The summed E-state index contributed by atoms with van der Waals surface area (Å²) in [5, 5.41) is 0. The third-order valence-corrected chi connectivity index (χ3v) is 1.65. The van der Waals surface area contributed by atoms with Crippen LogP contribution in [0.15, 0.2) is 30.3 Å². The molecule has 0 saturated heterocycles. The zero-order chi connectivity index (χ0) is 8.97. The molecule has 0 aliphatic heterocycles. The average molecular weight is 164 g/mol. The van der Waals surface area contributed by atoms with Crippen LogP contribution in [0.4, 0.5) is 0 Å². The van der Waals surface area contributed by atoms with Crippen LogP contribution < -0.4 is 11.5 Å². The van der Waals surface area contributed by atoms with Crippen molar-refractivity contribution in [3.05, 3.63) is 35.9 Å². The number of primary amides is 1. The predicted molar refractivity (Wildman–Crippen MR) is 47.2 cm³/mol. The largest absolute Gasteiger partial charge is 0.370 e. The minimum Gasteiger partial charge on any atom is -0.370 e. The highest BCUT2D eigenvalue weighted by molar-refractivity contribution is 5.74. The van der Waals surface area contributed by atoms with Crippen molar-refractivity contribution in [2.45, 2.75) is 12.5 Å². The predicted octanol–water partition coefficient (Wildman–Crippen LogP) is 0.562. The summed E-state index contributed by atoms with van der Waals surface area (Å²) in [4.78, 5) is 10.5. The van der Waals surface area contributed by atoms with Gasteiger partial charge in [0.25, 0.3) is 0 Å². The van der Waals surface area contributed by atoms with E-state index in [0.717, 1.165) is 5.56 Å². The van der Waals surface area contributed by atoms with E-state index in [-0.39, 0.29) is 18.4 Å². The van der Waals surface area contributed by atoms with E-state index in [0.29, 0.717) is 0 Å². The van der Waals surface area contributed by atoms with Gasteiger partial charge in [-0.05, 0) is 5.56 Å². The molecule has 1 aromatic rings. The zero-order valence-electron chi connectivity index (χ0n) is 6.73. The number of nitrogens with two attached hydrogens (primary N) is 2. The van der Waals surface area contributed by atoms with Crippen molar-refractivity contribution in [3.8, 4) is 0 Å². The van der Waals surface area contributed by atoms with Crippen LogP contribution >= 0.6 is 0 Å². The molecule has 1 atom stereocenters. The lowest BCUT2D eigenvalue weighted by molar-refractivity contribution is -0.118. The Bertz CT molecular complexity index is 258. The summed E-state index contributed by atoms with van der Waals surface area (Å²) in [6.07, 6.45) is 0.198. The van der Waals surface area contributed by atoms with Crippen LogP contribution in [0.3, 0.4) is 0 Å². The van der Waals surface area contributed by atoms with Gasteiger partial charge in [-0.1, -0.05) is 30.3 Å². The Morgan fingerprint density at radius 2 is 1.92 bits per heavy atom. The Balaban J connectivity index is 2.65. The van der Waals surface area contributed by atoms with E-state index in [4.69, 9.17) is 11.5 Å². The average Bonchev–Trinajstić information content (AvgIpc) is 2.05. The van der Waals surface area contributed by atoms with E-state index in [2.05, 4.69) is 0 Å². The molecule has 0 aliphatic rings. The van der Waals surface area contributed by atoms with Gasteiger partial charge in [0.15, 0.2) is 0 Å². The number of carbonyl (C=O) groups excluding carboxylic acids is 1. The molecule has 1 aromatic carbocycles. The second-order valence-corrected chi connectivity index (χ2v) is 2.69. The lowest BCUT2D eigenvalue weighted by Crippen LogP contribution is -2.20. The summed E-state index contributed by atoms with van der Waals surface area (Å²) in [6.45, 7) is 0. The fourth-order valence-corrected chi connectivity index (χ4v) is 1.03. The first-order valence-electron chi connectivity index (χ1n) is 3.79. The molecule has 0 spiro atoms. The van der Waals surface area contributed by atoms with E-state index in [1.165, 1.54) is 0 Å². The third-order valence-electron chi connectivity index (χ3n) is 1.65. The molecular weight excluding hydrogens is 152 g/mol. The highest BCUT2D eigenvalue weighted by atomic mass is 16.1. The first-order valence-corrected chi connectivity index (χ1v) is 3.79. The molecule has 0 fully saturated rings. The molecule has 1 amide bonds.